The predicted octanol–water partition coefficient (Wildman–Crippen LogP) is 5.00. The molecule has 0 fully saturated rings. The number of nitrogens with zero attached hydrogens (tertiary/aromatic N) is 5. The van der Waals surface area contributed by atoms with E-state index in [0.717, 1.165) is 50.1 Å². The summed E-state index contributed by atoms with van der Waals surface area (Å²) in [5.74, 6) is 0.660. The van der Waals surface area contributed by atoms with Crippen molar-refractivity contribution in [2.45, 2.75) is 6.92 Å². The smallest absolute Gasteiger partial charge is 0.161 e. The molecule has 6 aromatic heterocycles. The Morgan fingerprint density at radius 2 is 1.83 bits per heavy atom. The molecule has 0 saturated carbocycles. The lowest BCUT2D eigenvalue weighted by molar-refractivity contribution is 1.10. The number of hydrogen-bond donors (Lipinski definition) is 2. The zero-order valence-electron chi connectivity index (χ0n) is 15.9. The zero-order chi connectivity index (χ0) is 20.1. The summed E-state index contributed by atoms with van der Waals surface area (Å²) >= 11 is 1.64. The minimum atomic E-state index is 0.660. The number of aromatic nitrogens is 7. The minimum absolute atomic E-state index is 0.660. The first-order valence-corrected chi connectivity index (χ1v) is 10.4. The van der Waals surface area contributed by atoms with Gasteiger partial charge in [-0.2, -0.15) is 16.4 Å². The van der Waals surface area contributed by atoms with Crippen LogP contribution in [0.25, 0.3) is 56.1 Å². The number of hydrogen-bond acceptors (Lipinski definition) is 6. The Bertz CT molecular complexity index is 1510. The fourth-order valence-corrected chi connectivity index (χ4v) is 4.24. The number of H-pyrrole nitrogens is 2. The van der Waals surface area contributed by atoms with Crippen molar-refractivity contribution in [1.82, 2.24) is 35.1 Å². The van der Waals surface area contributed by atoms with Crippen LogP contribution in [-0.2, 0) is 0 Å². The number of aryl methyl sites for hydroxylation is 1. The van der Waals surface area contributed by atoms with Crippen LogP contribution in [0, 0.1) is 6.92 Å². The van der Waals surface area contributed by atoms with Gasteiger partial charge in [-0.25, -0.2) is 9.97 Å². The molecule has 7 nitrogen and oxygen atoms in total. The van der Waals surface area contributed by atoms with Crippen LogP contribution < -0.4 is 0 Å². The Balaban J connectivity index is 1.53. The molecular formula is C22H15N7S. The second-order valence-electron chi connectivity index (χ2n) is 7.01. The van der Waals surface area contributed by atoms with Gasteiger partial charge >= 0.3 is 0 Å². The molecule has 0 amide bonds. The Morgan fingerprint density at radius 3 is 2.70 bits per heavy atom. The van der Waals surface area contributed by atoms with Crippen LogP contribution in [0.1, 0.15) is 5.56 Å². The Kier molecular flexibility index (Phi) is 3.72. The monoisotopic (exact) mass is 409 g/mol. The highest BCUT2D eigenvalue weighted by Gasteiger charge is 2.17. The number of imidazole rings is 1. The molecule has 0 atom stereocenters. The van der Waals surface area contributed by atoms with Crippen molar-refractivity contribution in [3.05, 3.63) is 65.2 Å². The van der Waals surface area contributed by atoms with Gasteiger partial charge in [-0.15, -0.1) is 0 Å². The molecule has 144 valence electrons. The fourth-order valence-electron chi connectivity index (χ4n) is 3.60. The van der Waals surface area contributed by atoms with Crippen LogP contribution >= 0.6 is 11.3 Å². The molecule has 0 spiro atoms. The van der Waals surface area contributed by atoms with Gasteiger partial charge < -0.3 is 4.98 Å². The first kappa shape index (κ1) is 17.0. The van der Waals surface area contributed by atoms with E-state index in [1.807, 2.05) is 35.8 Å². The van der Waals surface area contributed by atoms with Crippen molar-refractivity contribution in [1.29, 1.82) is 0 Å². The van der Waals surface area contributed by atoms with Crippen LogP contribution in [-0.4, -0.2) is 35.1 Å². The van der Waals surface area contributed by atoms with Crippen LogP contribution in [0.15, 0.2) is 59.7 Å². The maximum atomic E-state index is 4.88. The predicted molar refractivity (Wildman–Crippen MR) is 118 cm³/mol. The van der Waals surface area contributed by atoms with E-state index in [1.165, 1.54) is 0 Å². The molecule has 0 unspecified atom stereocenters. The summed E-state index contributed by atoms with van der Waals surface area (Å²) < 4.78 is 0. The van der Waals surface area contributed by atoms with Gasteiger partial charge in [0.1, 0.15) is 11.0 Å². The minimum Gasteiger partial charge on any atom is -0.336 e. The largest absolute Gasteiger partial charge is 0.336 e. The normalized spacial score (nSPS) is 11.5. The van der Waals surface area contributed by atoms with Crippen molar-refractivity contribution >= 4 is 33.4 Å². The number of nitrogens with one attached hydrogen (secondary N) is 2. The molecule has 0 radical (unpaired) electrons. The second kappa shape index (κ2) is 6.57. The summed E-state index contributed by atoms with van der Waals surface area (Å²) in [6.07, 6.45) is 5.42. The average Bonchev–Trinajstić information content (AvgIpc) is 3.51. The van der Waals surface area contributed by atoms with E-state index in [-0.39, 0.29) is 0 Å². The third-order valence-corrected chi connectivity index (χ3v) is 5.83. The van der Waals surface area contributed by atoms with Gasteiger partial charge in [0.2, 0.25) is 0 Å². The van der Waals surface area contributed by atoms with Crippen LogP contribution in [0.4, 0.5) is 0 Å². The Labute approximate surface area is 174 Å². The van der Waals surface area contributed by atoms with Crippen LogP contribution in [0.3, 0.4) is 0 Å². The highest BCUT2D eigenvalue weighted by molar-refractivity contribution is 7.08. The molecule has 0 aromatic carbocycles. The third kappa shape index (κ3) is 2.61. The summed E-state index contributed by atoms with van der Waals surface area (Å²) in [5.41, 5.74) is 8.92. The standard InChI is InChI=1S/C22H15N7S/c1-12-4-7-23-10-14(12)15-2-3-17-20(25-15)21(29-28-17)22-26-16-5-8-24-18(19(16)27-22)13-6-9-30-11-13/h2-11H,1H3,(H,26,27)(H,28,29). The van der Waals surface area contributed by atoms with Gasteiger partial charge in [0, 0.05) is 35.1 Å². The number of rotatable bonds is 3. The number of pyridine rings is 3. The summed E-state index contributed by atoms with van der Waals surface area (Å²) in [4.78, 5) is 21.9. The van der Waals surface area contributed by atoms with Crippen molar-refractivity contribution in [2.24, 2.45) is 0 Å². The fraction of sp³-hybridized carbons (Fsp3) is 0.0455. The van der Waals surface area contributed by atoms with E-state index in [2.05, 4.69) is 43.5 Å². The van der Waals surface area contributed by atoms with E-state index in [4.69, 9.17) is 9.97 Å². The Hall–Kier alpha value is -3.91. The van der Waals surface area contributed by atoms with Crippen LogP contribution in [0.2, 0.25) is 0 Å². The summed E-state index contributed by atoms with van der Waals surface area (Å²) in [5, 5.41) is 11.7. The highest BCUT2D eigenvalue weighted by Crippen LogP contribution is 2.31. The molecule has 0 aliphatic carbocycles. The molecule has 0 aliphatic heterocycles. The molecule has 30 heavy (non-hydrogen) atoms. The van der Waals surface area contributed by atoms with Gasteiger partial charge in [0.05, 0.1) is 22.4 Å². The third-order valence-electron chi connectivity index (χ3n) is 5.14. The van der Waals surface area contributed by atoms with Crippen molar-refractivity contribution in [2.75, 3.05) is 0 Å². The van der Waals surface area contributed by atoms with Crippen molar-refractivity contribution < 1.29 is 0 Å². The van der Waals surface area contributed by atoms with E-state index in [0.29, 0.717) is 11.5 Å². The average molecular weight is 409 g/mol. The van der Waals surface area contributed by atoms with Gasteiger partial charge in [-0.05, 0) is 48.2 Å². The highest BCUT2D eigenvalue weighted by atomic mass is 32.1. The SMILES string of the molecule is Cc1ccncc1-c1ccc2[nH]nc(-c3nc4c(-c5ccsc5)nccc4[nH]3)c2n1. The quantitative estimate of drug-likeness (QED) is 0.429. The first-order valence-electron chi connectivity index (χ1n) is 9.42. The number of fused-ring (bicyclic) bond motifs is 2. The molecule has 6 heterocycles. The molecule has 2 N–H and O–H groups in total. The molecule has 0 bridgehead atoms. The number of thiophene rings is 1. The second-order valence-corrected chi connectivity index (χ2v) is 7.79. The summed E-state index contributed by atoms with van der Waals surface area (Å²) in [7, 11) is 0. The van der Waals surface area contributed by atoms with Crippen LogP contribution in [0.5, 0.6) is 0 Å². The van der Waals surface area contributed by atoms with E-state index in [9.17, 15) is 0 Å². The molecule has 0 saturated heterocycles. The topological polar surface area (TPSA) is 96.0 Å². The molecule has 6 aromatic rings. The summed E-state index contributed by atoms with van der Waals surface area (Å²) in [6.45, 7) is 2.05. The lowest BCUT2D eigenvalue weighted by atomic mass is 10.1. The molecule has 6 rings (SSSR count). The van der Waals surface area contributed by atoms with E-state index >= 15 is 0 Å². The van der Waals surface area contributed by atoms with Gasteiger partial charge in [-0.3, -0.25) is 15.1 Å². The van der Waals surface area contributed by atoms with Crippen molar-refractivity contribution in [3.8, 4) is 34.0 Å². The van der Waals surface area contributed by atoms with Crippen molar-refractivity contribution in [3.63, 3.8) is 0 Å². The van der Waals surface area contributed by atoms with Gasteiger partial charge in [0.25, 0.3) is 0 Å². The first-order chi connectivity index (χ1) is 14.8. The molecular weight excluding hydrogens is 394 g/mol. The number of aromatic amines is 2. The molecule has 0 aliphatic rings. The van der Waals surface area contributed by atoms with E-state index in [1.54, 1.807) is 23.7 Å². The lowest BCUT2D eigenvalue weighted by Gasteiger charge is -2.04. The Morgan fingerprint density at radius 1 is 0.900 bits per heavy atom. The summed E-state index contributed by atoms with van der Waals surface area (Å²) in [6, 6.07) is 9.92. The van der Waals surface area contributed by atoms with Gasteiger partial charge in [-0.1, -0.05) is 0 Å². The molecule has 8 heteroatoms. The maximum absolute atomic E-state index is 4.88. The maximum Gasteiger partial charge on any atom is 0.161 e. The zero-order valence-corrected chi connectivity index (χ0v) is 16.7. The van der Waals surface area contributed by atoms with Gasteiger partial charge in [0.15, 0.2) is 11.5 Å². The lowest BCUT2D eigenvalue weighted by Crippen LogP contribution is -1.90. The van der Waals surface area contributed by atoms with E-state index < -0.39 is 0 Å².